The molecule has 1 aromatic rings. The number of hydrogen-bond acceptors (Lipinski definition) is 1. The molecule has 0 saturated heterocycles. The van der Waals surface area contributed by atoms with Crippen LogP contribution < -0.4 is 5.32 Å². The van der Waals surface area contributed by atoms with Crippen molar-refractivity contribution in [3.63, 3.8) is 0 Å². The Hall–Kier alpha value is -0.410. The molecule has 82 valence electrons. The largest absolute Gasteiger partial charge is 0.310 e. The fourth-order valence-corrected chi connectivity index (χ4v) is 2.55. The Bertz CT molecular complexity index is 329. The molecule has 1 atom stereocenters. The molecule has 0 amide bonds. The molecule has 1 aliphatic rings. The first-order valence-electron chi connectivity index (χ1n) is 5.41. The van der Waals surface area contributed by atoms with Crippen LogP contribution in [0.25, 0.3) is 0 Å². The molecule has 1 N–H and O–H groups in total. The minimum atomic E-state index is -0.109. The van der Waals surface area contributed by atoms with E-state index in [9.17, 15) is 4.39 Å². The fraction of sp³-hybridized carbons (Fsp3) is 0.500. The Morgan fingerprint density at radius 3 is 2.80 bits per heavy atom. The molecule has 0 spiro atoms. The molecule has 0 heterocycles. The van der Waals surface area contributed by atoms with Gasteiger partial charge in [0.1, 0.15) is 5.82 Å². The van der Waals surface area contributed by atoms with Gasteiger partial charge in [-0.15, -0.1) is 0 Å². The number of halogens is 2. The van der Waals surface area contributed by atoms with Gasteiger partial charge < -0.3 is 5.32 Å². The van der Waals surface area contributed by atoms with Gasteiger partial charge in [0.25, 0.3) is 0 Å². The van der Waals surface area contributed by atoms with Gasteiger partial charge in [0.05, 0.1) is 0 Å². The second kappa shape index (κ2) is 4.62. The van der Waals surface area contributed by atoms with Crippen LogP contribution in [0.2, 0.25) is 0 Å². The molecule has 1 saturated carbocycles. The van der Waals surface area contributed by atoms with Gasteiger partial charge in [0.2, 0.25) is 0 Å². The summed E-state index contributed by atoms with van der Waals surface area (Å²) in [7, 11) is 0. The first kappa shape index (κ1) is 11.1. The van der Waals surface area contributed by atoms with Gasteiger partial charge in [-0.05, 0) is 37.4 Å². The van der Waals surface area contributed by atoms with Gasteiger partial charge in [-0.25, -0.2) is 4.39 Å². The predicted octanol–water partition coefficient (Wildman–Crippen LogP) is 3.65. The molecule has 15 heavy (non-hydrogen) atoms. The molecule has 2 rings (SSSR count). The van der Waals surface area contributed by atoms with E-state index in [0.717, 1.165) is 16.6 Å². The highest BCUT2D eigenvalue weighted by Gasteiger charge is 2.34. The standard InChI is InChI=1S/C12H15BrFN/c1-2-15-12(8-6-7-8)11-9(13)4-3-5-10(11)14/h3-5,8,12,15H,2,6-7H2,1H3. The monoisotopic (exact) mass is 271 g/mol. The lowest BCUT2D eigenvalue weighted by Crippen LogP contribution is -2.24. The van der Waals surface area contributed by atoms with Gasteiger partial charge in [-0.2, -0.15) is 0 Å². The third kappa shape index (κ3) is 2.40. The quantitative estimate of drug-likeness (QED) is 0.882. The lowest BCUT2D eigenvalue weighted by atomic mass is 10.0. The number of hydrogen-bond donors (Lipinski definition) is 1. The molecular weight excluding hydrogens is 257 g/mol. The van der Waals surface area contributed by atoms with Crippen molar-refractivity contribution in [2.45, 2.75) is 25.8 Å². The van der Waals surface area contributed by atoms with E-state index in [2.05, 4.69) is 28.2 Å². The highest BCUT2D eigenvalue weighted by atomic mass is 79.9. The van der Waals surface area contributed by atoms with Crippen molar-refractivity contribution in [2.24, 2.45) is 5.92 Å². The van der Waals surface area contributed by atoms with Gasteiger partial charge >= 0.3 is 0 Å². The van der Waals surface area contributed by atoms with Gasteiger partial charge in [0, 0.05) is 16.1 Å². The summed E-state index contributed by atoms with van der Waals surface area (Å²) in [5.41, 5.74) is 0.793. The maximum atomic E-state index is 13.7. The molecule has 1 fully saturated rings. The summed E-state index contributed by atoms with van der Waals surface area (Å²) in [5, 5.41) is 3.37. The Balaban J connectivity index is 2.31. The molecule has 1 unspecified atom stereocenters. The Kier molecular flexibility index (Phi) is 3.42. The Labute approximate surface area is 98.2 Å². The molecule has 0 aromatic heterocycles. The summed E-state index contributed by atoms with van der Waals surface area (Å²) in [6, 6.07) is 5.35. The average Bonchev–Trinajstić information content (AvgIpc) is 2.99. The number of rotatable bonds is 4. The van der Waals surface area contributed by atoms with E-state index in [4.69, 9.17) is 0 Å². The zero-order chi connectivity index (χ0) is 10.8. The number of nitrogens with one attached hydrogen (secondary N) is 1. The van der Waals surface area contributed by atoms with Crippen LogP contribution in [0.1, 0.15) is 31.4 Å². The lowest BCUT2D eigenvalue weighted by molar-refractivity contribution is 0.467. The van der Waals surface area contributed by atoms with Crippen molar-refractivity contribution in [2.75, 3.05) is 6.54 Å². The first-order chi connectivity index (χ1) is 7.24. The molecule has 1 nitrogen and oxygen atoms in total. The van der Waals surface area contributed by atoms with Gasteiger partial charge in [0.15, 0.2) is 0 Å². The summed E-state index contributed by atoms with van der Waals surface area (Å²) in [6.45, 7) is 2.94. The average molecular weight is 272 g/mol. The summed E-state index contributed by atoms with van der Waals surface area (Å²) in [5.74, 6) is 0.500. The molecular formula is C12H15BrFN. The normalized spacial score (nSPS) is 17.8. The zero-order valence-corrected chi connectivity index (χ0v) is 10.3. The van der Waals surface area contributed by atoms with E-state index in [1.54, 1.807) is 6.07 Å². The topological polar surface area (TPSA) is 12.0 Å². The van der Waals surface area contributed by atoms with Crippen LogP contribution in [-0.2, 0) is 0 Å². The SMILES string of the molecule is CCNC(c1c(F)cccc1Br)C1CC1. The zero-order valence-electron chi connectivity index (χ0n) is 8.76. The molecule has 3 heteroatoms. The third-order valence-electron chi connectivity index (χ3n) is 2.83. The summed E-state index contributed by atoms with van der Waals surface area (Å²) in [4.78, 5) is 0. The minimum Gasteiger partial charge on any atom is -0.310 e. The van der Waals surface area contributed by atoms with E-state index >= 15 is 0 Å². The van der Waals surface area contributed by atoms with Crippen molar-refractivity contribution in [3.8, 4) is 0 Å². The summed E-state index contributed by atoms with van der Waals surface area (Å²) >= 11 is 3.43. The minimum absolute atomic E-state index is 0.109. The van der Waals surface area contributed by atoms with E-state index < -0.39 is 0 Å². The second-order valence-corrected chi connectivity index (χ2v) is 4.86. The van der Waals surface area contributed by atoms with Gasteiger partial charge in [-0.1, -0.05) is 28.9 Å². The maximum Gasteiger partial charge on any atom is 0.129 e. The fourth-order valence-electron chi connectivity index (χ4n) is 1.96. The summed E-state index contributed by atoms with van der Waals surface area (Å²) in [6.07, 6.45) is 2.41. The van der Waals surface area contributed by atoms with Crippen LogP contribution in [-0.4, -0.2) is 6.54 Å². The van der Waals surface area contributed by atoms with E-state index in [-0.39, 0.29) is 11.9 Å². The van der Waals surface area contributed by atoms with Crippen molar-refractivity contribution in [3.05, 3.63) is 34.1 Å². The predicted molar refractivity (Wildman–Crippen MR) is 63.2 cm³/mol. The molecule has 1 aliphatic carbocycles. The number of benzene rings is 1. The Morgan fingerprint density at radius 1 is 1.53 bits per heavy atom. The van der Waals surface area contributed by atoms with Crippen molar-refractivity contribution >= 4 is 15.9 Å². The lowest BCUT2D eigenvalue weighted by Gasteiger charge is -2.19. The van der Waals surface area contributed by atoms with Crippen LogP contribution in [0, 0.1) is 11.7 Å². The molecule has 0 aliphatic heterocycles. The maximum absolute atomic E-state index is 13.7. The second-order valence-electron chi connectivity index (χ2n) is 4.01. The van der Waals surface area contributed by atoms with Crippen molar-refractivity contribution < 1.29 is 4.39 Å². The van der Waals surface area contributed by atoms with E-state index in [1.165, 1.54) is 18.9 Å². The highest BCUT2D eigenvalue weighted by molar-refractivity contribution is 9.10. The van der Waals surface area contributed by atoms with Crippen LogP contribution in [0.15, 0.2) is 22.7 Å². The van der Waals surface area contributed by atoms with Crippen LogP contribution in [0.4, 0.5) is 4.39 Å². The van der Waals surface area contributed by atoms with Crippen LogP contribution in [0.5, 0.6) is 0 Å². The third-order valence-corrected chi connectivity index (χ3v) is 3.52. The molecule has 0 bridgehead atoms. The smallest absolute Gasteiger partial charge is 0.129 e. The van der Waals surface area contributed by atoms with E-state index in [1.807, 2.05) is 6.07 Å². The van der Waals surface area contributed by atoms with Crippen LogP contribution in [0.3, 0.4) is 0 Å². The van der Waals surface area contributed by atoms with Crippen molar-refractivity contribution in [1.82, 2.24) is 5.32 Å². The Morgan fingerprint density at radius 2 is 2.27 bits per heavy atom. The van der Waals surface area contributed by atoms with Crippen LogP contribution >= 0.6 is 15.9 Å². The molecule has 0 radical (unpaired) electrons. The van der Waals surface area contributed by atoms with Gasteiger partial charge in [-0.3, -0.25) is 0 Å². The highest BCUT2D eigenvalue weighted by Crippen LogP contribution is 2.43. The first-order valence-corrected chi connectivity index (χ1v) is 6.20. The van der Waals surface area contributed by atoms with E-state index in [0.29, 0.717) is 5.92 Å². The summed E-state index contributed by atoms with van der Waals surface area (Å²) < 4.78 is 14.6. The van der Waals surface area contributed by atoms with Crippen molar-refractivity contribution in [1.29, 1.82) is 0 Å². The molecule has 1 aromatic carbocycles.